The van der Waals surface area contributed by atoms with Gasteiger partial charge in [0.05, 0.1) is 19.8 Å². The van der Waals surface area contributed by atoms with E-state index in [0.717, 1.165) is 11.1 Å². The van der Waals surface area contributed by atoms with Crippen LogP contribution < -0.4 is 11.5 Å². The number of aromatic hydroxyl groups is 1. The summed E-state index contributed by atoms with van der Waals surface area (Å²) in [5, 5.41) is 10.3. The SMILES string of the molecule is CC(C)c1ccc(CCN(C)S(=O)(=O)c2cc(C(N)=NCOCCOCc3ccccc3)ccc2O)cc1.CN. The number of aliphatic imine (C=N–C) groups is 1. The fraction of sp³-hybridized carbons (Fsp3) is 0.367. The number of benzene rings is 3. The molecular formula is C30H42N4O5S. The van der Waals surface area contributed by atoms with E-state index in [1.165, 1.54) is 42.2 Å². The third-order valence-corrected chi connectivity index (χ3v) is 8.00. The Hall–Kier alpha value is -3.28. The molecule has 0 aromatic heterocycles. The predicted molar refractivity (Wildman–Crippen MR) is 160 cm³/mol. The van der Waals surface area contributed by atoms with Crippen LogP contribution in [0, 0.1) is 0 Å². The quantitative estimate of drug-likeness (QED) is 0.152. The number of nitrogens with zero attached hydrogens (tertiary/aromatic N) is 2. The number of phenols is 1. The second kappa shape index (κ2) is 16.7. The van der Waals surface area contributed by atoms with Crippen molar-refractivity contribution in [2.45, 2.75) is 37.7 Å². The van der Waals surface area contributed by atoms with Gasteiger partial charge in [0.25, 0.3) is 0 Å². The standard InChI is InChI=1S/C29H37N3O5S.CH5N/c1-22(2)25-11-9-23(10-12-25)15-16-32(3)38(34,35)28-19-26(13-14-27(28)33)29(30)31-21-37-18-17-36-20-24-7-5-4-6-8-24;1-2/h4-14,19,22,33H,15-18,20-21H2,1-3H3,(H2,30,31);2H2,1H3. The molecule has 0 aliphatic carbocycles. The molecular weight excluding hydrogens is 528 g/mol. The van der Waals surface area contributed by atoms with Gasteiger partial charge < -0.3 is 26.0 Å². The van der Waals surface area contributed by atoms with Crippen molar-refractivity contribution in [2.75, 3.05) is 40.6 Å². The zero-order valence-corrected chi connectivity index (χ0v) is 24.6. The first-order valence-corrected chi connectivity index (χ1v) is 14.6. The van der Waals surface area contributed by atoms with Gasteiger partial charge in [-0.05, 0) is 54.3 Å². The first-order valence-electron chi connectivity index (χ1n) is 13.1. The third-order valence-electron chi connectivity index (χ3n) is 6.12. The highest BCUT2D eigenvalue weighted by Gasteiger charge is 2.25. The number of sulfonamides is 1. The second-order valence-electron chi connectivity index (χ2n) is 9.27. The summed E-state index contributed by atoms with van der Waals surface area (Å²) >= 11 is 0. The molecule has 0 amide bonds. The van der Waals surface area contributed by atoms with Crippen LogP contribution in [0.1, 0.15) is 42.0 Å². The number of rotatable bonds is 14. The highest BCUT2D eigenvalue weighted by atomic mass is 32.2. The van der Waals surface area contributed by atoms with E-state index < -0.39 is 10.0 Å². The summed E-state index contributed by atoms with van der Waals surface area (Å²) in [5.74, 6) is 0.199. The molecule has 0 bridgehead atoms. The fourth-order valence-corrected chi connectivity index (χ4v) is 4.95. The topological polar surface area (TPSA) is 140 Å². The monoisotopic (exact) mass is 570 g/mol. The van der Waals surface area contributed by atoms with Crippen LogP contribution in [0.5, 0.6) is 5.75 Å². The lowest BCUT2D eigenvalue weighted by Crippen LogP contribution is -2.29. The highest BCUT2D eigenvalue weighted by Crippen LogP contribution is 2.26. The number of nitrogens with two attached hydrogens (primary N) is 2. The van der Waals surface area contributed by atoms with Crippen molar-refractivity contribution in [3.63, 3.8) is 0 Å². The molecule has 0 fully saturated rings. The van der Waals surface area contributed by atoms with Crippen LogP contribution in [0.4, 0.5) is 0 Å². The van der Waals surface area contributed by atoms with E-state index >= 15 is 0 Å². The molecule has 9 nitrogen and oxygen atoms in total. The molecule has 218 valence electrons. The first-order chi connectivity index (χ1) is 19.2. The van der Waals surface area contributed by atoms with Gasteiger partial charge in [-0.2, -0.15) is 0 Å². The lowest BCUT2D eigenvalue weighted by Gasteiger charge is -2.19. The molecule has 3 aromatic rings. The van der Waals surface area contributed by atoms with E-state index in [9.17, 15) is 13.5 Å². The van der Waals surface area contributed by atoms with Crippen molar-refractivity contribution in [1.82, 2.24) is 4.31 Å². The number of likely N-dealkylation sites (N-methyl/N-ethyl adjacent to an activating group) is 1. The van der Waals surface area contributed by atoms with Crippen LogP contribution in [-0.4, -0.2) is 64.2 Å². The molecule has 0 atom stereocenters. The van der Waals surface area contributed by atoms with E-state index in [1.807, 2.05) is 42.5 Å². The molecule has 0 aliphatic heterocycles. The average molecular weight is 571 g/mol. The van der Waals surface area contributed by atoms with Gasteiger partial charge in [-0.25, -0.2) is 17.7 Å². The Morgan fingerprint density at radius 1 is 0.950 bits per heavy atom. The molecule has 40 heavy (non-hydrogen) atoms. The largest absolute Gasteiger partial charge is 0.507 e. The smallest absolute Gasteiger partial charge is 0.246 e. The van der Waals surface area contributed by atoms with Gasteiger partial charge in [-0.15, -0.1) is 0 Å². The summed E-state index contributed by atoms with van der Waals surface area (Å²) in [6.07, 6.45) is 0.546. The van der Waals surface area contributed by atoms with E-state index in [0.29, 0.717) is 37.7 Å². The van der Waals surface area contributed by atoms with Gasteiger partial charge in [-0.3, -0.25) is 0 Å². The Morgan fingerprint density at radius 2 is 1.60 bits per heavy atom. The van der Waals surface area contributed by atoms with E-state index in [4.69, 9.17) is 15.2 Å². The van der Waals surface area contributed by atoms with E-state index in [2.05, 4.69) is 36.7 Å². The minimum atomic E-state index is -3.95. The zero-order valence-electron chi connectivity index (χ0n) is 23.8. The van der Waals surface area contributed by atoms with Gasteiger partial charge in [-0.1, -0.05) is 68.4 Å². The lowest BCUT2D eigenvalue weighted by molar-refractivity contribution is 0.0434. The maximum absolute atomic E-state index is 13.2. The van der Waals surface area contributed by atoms with Crippen molar-refractivity contribution in [3.8, 4) is 5.75 Å². The number of ether oxygens (including phenoxy) is 2. The van der Waals surface area contributed by atoms with Gasteiger partial charge >= 0.3 is 0 Å². The van der Waals surface area contributed by atoms with Crippen molar-refractivity contribution in [2.24, 2.45) is 16.5 Å². The summed E-state index contributed by atoms with van der Waals surface area (Å²) in [7, 11) is -0.956. The van der Waals surface area contributed by atoms with Crippen LogP contribution >= 0.6 is 0 Å². The normalized spacial score (nSPS) is 11.9. The van der Waals surface area contributed by atoms with E-state index in [1.54, 1.807) is 0 Å². The van der Waals surface area contributed by atoms with Crippen LogP contribution in [0.15, 0.2) is 82.7 Å². The Kier molecular flexibility index (Phi) is 13.8. The number of hydrogen-bond acceptors (Lipinski definition) is 7. The summed E-state index contributed by atoms with van der Waals surface area (Å²) in [4.78, 5) is 3.95. The number of amidine groups is 1. The van der Waals surface area contributed by atoms with Crippen LogP contribution in [0.3, 0.4) is 0 Å². The molecule has 0 saturated carbocycles. The molecule has 0 spiro atoms. The van der Waals surface area contributed by atoms with Crippen molar-refractivity contribution >= 4 is 15.9 Å². The lowest BCUT2D eigenvalue weighted by atomic mass is 10.0. The van der Waals surface area contributed by atoms with Gasteiger partial charge in [0.1, 0.15) is 23.2 Å². The summed E-state index contributed by atoms with van der Waals surface area (Å²) in [6, 6.07) is 22.2. The van der Waals surface area contributed by atoms with Crippen molar-refractivity contribution in [3.05, 3.63) is 95.1 Å². The molecule has 3 rings (SSSR count). The third kappa shape index (κ3) is 10.0. The predicted octanol–water partition coefficient (Wildman–Crippen LogP) is 3.85. The summed E-state index contributed by atoms with van der Waals surface area (Å²) in [6.45, 7) is 5.76. The number of phenolic OH excluding ortho intramolecular Hbond substituents is 1. The number of hydrogen-bond donors (Lipinski definition) is 3. The Bertz CT molecular complexity index is 1300. The van der Waals surface area contributed by atoms with Gasteiger partial charge in [0, 0.05) is 19.2 Å². The van der Waals surface area contributed by atoms with Gasteiger partial charge in [0.15, 0.2) is 0 Å². The average Bonchev–Trinajstić information content (AvgIpc) is 2.97. The Morgan fingerprint density at radius 3 is 2.25 bits per heavy atom. The minimum Gasteiger partial charge on any atom is -0.507 e. The Balaban J connectivity index is 0.00000274. The molecule has 10 heteroatoms. The Labute approximate surface area is 238 Å². The molecule has 3 aromatic carbocycles. The molecule has 5 N–H and O–H groups in total. The highest BCUT2D eigenvalue weighted by molar-refractivity contribution is 7.89. The van der Waals surface area contributed by atoms with Crippen molar-refractivity contribution in [1.29, 1.82) is 0 Å². The van der Waals surface area contributed by atoms with Crippen LogP contribution in [0.2, 0.25) is 0 Å². The molecule has 0 saturated heterocycles. The minimum absolute atomic E-state index is 0.00100. The van der Waals surface area contributed by atoms with Gasteiger partial charge in [0.2, 0.25) is 10.0 Å². The molecule has 0 aliphatic rings. The summed E-state index contributed by atoms with van der Waals surface area (Å²) < 4.78 is 38.6. The second-order valence-corrected chi connectivity index (χ2v) is 11.3. The van der Waals surface area contributed by atoms with E-state index in [-0.39, 0.29) is 29.8 Å². The fourth-order valence-electron chi connectivity index (χ4n) is 3.68. The zero-order chi connectivity index (χ0) is 29.5. The molecule has 0 heterocycles. The maximum Gasteiger partial charge on any atom is 0.246 e. The van der Waals surface area contributed by atoms with Crippen LogP contribution in [-0.2, 0) is 32.5 Å². The van der Waals surface area contributed by atoms with Crippen molar-refractivity contribution < 1.29 is 23.0 Å². The first kappa shape index (κ1) is 32.9. The molecule has 0 radical (unpaired) electrons. The van der Waals surface area contributed by atoms with Crippen LogP contribution in [0.25, 0.3) is 0 Å². The molecule has 0 unspecified atom stereocenters. The summed E-state index contributed by atoms with van der Waals surface area (Å²) in [5.41, 5.74) is 14.3. The maximum atomic E-state index is 13.2.